The van der Waals surface area contributed by atoms with Crippen molar-refractivity contribution in [2.75, 3.05) is 25.1 Å². The summed E-state index contributed by atoms with van der Waals surface area (Å²) in [4.78, 5) is 54.1. The summed E-state index contributed by atoms with van der Waals surface area (Å²) < 4.78 is 23.9. The van der Waals surface area contributed by atoms with Gasteiger partial charge in [0.05, 0.1) is 17.5 Å². The van der Waals surface area contributed by atoms with Crippen LogP contribution in [0.1, 0.15) is 41.0 Å². The summed E-state index contributed by atoms with van der Waals surface area (Å²) in [7, 11) is -3.53. The van der Waals surface area contributed by atoms with Crippen molar-refractivity contribution in [1.29, 1.82) is 0 Å². The summed E-state index contributed by atoms with van der Waals surface area (Å²) in [5.74, 6) is -1.68. The smallest absolute Gasteiger partial charge is 0.260 e. The van der Waals surface area contributed by atoms with E-state index in [-0.39, 0.29) is 35.2 Å². The fraction of sp³-hybridized carbons (Fsp3) is 0.385. The molecule has 2 aliphatic rings. The Morgan fingerprint density at radius 3 is 2.42 bits per heavy atom. The molecule has 0 unspecified atom stereocenters. The number of anilines is 1. The van der Waals surface area contributed by atoms with Gasteiger partial charge < -0.3 is 16.0 Å². The number of Topliss-reactive ketones (excluding diaryl/α,β-unsaturated/α-hetero) is 1. The molecule has 2 heterocycles. The molecule has 0 spiro atoms. The lowest BCUT2D eigenvalue weighted by atomic mass is 10.0. The van der Waals surface area contributed by atoms with E-state index in [0.717, 1.165) is 6.26 Å². The number of hydrogen-bond acceptors (Lipinski definition) is 8. The number of nitrogens with two attached hydrogens (primary N) is 1. The van der Waals surface area contributed by atoms with Crippen LogP contribution in [0.4, 0.5) is 5.69 Å². The number of fused-ring (bicyclic) bond motifs is 1. The first-order valence-corrected chi connectivity index (χ1v) is 14.1. The van der Waals surface area contributed by atoms with Gasteiger partial charge in [0.25, 0.3) is 17.7 Å². The average molecular weight is 542 g/mol. The predicted octanol–water partition coefficient (Wildman–Crippen LogP) is 0.626. The molecule has 2 fully saturated rings. The van der Waals surface area contributed by atoms with Gasteiger partial charge in [0.2, 0.25) is 0 Å². The SMILES string of the molecule is CC(C)C[C@H](NC(=O)c1ccc(N)cc1)C(=O)N1NC[C@@H]2[C@H]1C(=O)CN2C(=O)c1cccc(S(C)(=O)=O)c1. The van der Waals surface area contributed by atoms with Crippen molar-refractivity contribution in [2.24, 2.45) is 5.92 Å². The zero-order chi connectivity index (χ0) is 27.8. The highest BCUT2D eigenvalue weighted by Crippen LogP contribution is 2.27. The van der Waals surface area contributed by atoms with E-state index in [0.29, 0.717) is 17.7 Å². The quantitative estimate of drug-likeness (QED) is 0.431. The number of benzene rings is 2. The maximum atomic E-state index is 13.6. The van der Waals surface area contributed by atoms with Crippen molar-refractivity contribution < 1.29 is 27.6 Å². The number of amides is 3. The van der Waals surface area contributed by atoms with Crippen LogP contribution in [0.15, 0.2) is 53.4 Å². The molecular formula is C26H31N5O6S. The number of hydrogen-bond donors (Lipinski definition) is 3. The first-order chi connectivity index (χ1) is 17.9. The summed E-state index contributed by atoms with van der Waals surface area (Å²) in [6.07, 6.45) is 1.39. The number of ketones is 1. The van der Waals surface area contributed by atoms with Gasteiger partial charge in [0, 0.05) is 29.6 Å². The molecule has 4 rings (SSSR count). The van der Waals surface area contributed by atoms with Gasteiger partial charge in [0.1, 0.15) is 12.1 Å². The third-order valence-electron chi connectivity index (χ3n) is 6.66. The summed E-state index contributed by atoms with van der Waals surface area (Å²) in [5, 5.41) is 4.00. The number of carbonyl (C=O) groups is 4. The van der Waals surface area contributed by atoms with Gasteiger partial charge in [-0.25, -0.2) is 13.8 Å². The van der Waals surface area contributed by atoms with Gasteiger partial charge in [-0.05, 0) is 54.8 Å². The molecule has 2 aromatic carbocycles. The lowest BCUT2D eigenvalue weighted by molar-refractivity contribution is -0.141. The van der Waals surface area contributed by atoms with E-state index in [1.165, 1.54) is 34.2 Å². The molecule has 3 atom stereocenters. The predicted molar refractivity (Wildman–Crippen MR) is 140 cm³/mol. The highest BCUT2D eigenvalue weighted by Gasteiger charge is 2.52. The standard InChI is InChI=1S/C26H31N5O6S/c1-15(2)11-20(29-24(33)16-7-9-18(27)10-8-16)26(35)31-23-21(13-28-31)30(14-22(23)32)25(34)17-5-4-6-19(12-17)38(3,36)37/h4-10,12,15,20-21,23,28H,11,13-14,27H2,1-3H3,(H,29,33)/t20-,21+,23-/m0/s1. The molecule has 38 heavy (non-hydrogen) atoms. The van der Waals surface area contributed by atoms with Crippen LogP contribution < -0.4 is 16.5 Å². The van der Waals surface area contributed by atoms with Crippen molar-refractivity contribution in [1.82, 2.24) is 20.7 Å². The van der Waals surface area contributed by atoms with E-state index < -0.39 is 45.7 Å². The highest BCUT2D eigenvalue weighted by atomic mass is 32.2. The molecule has 12 heteroatoms. The Kier molecular flexibility index (Phi) is 7.56. The monoisotopic (exact) mass is 541 g/mol. The van der Waals surface area contributed by atoms with Crippen molar-refractivity contribution in [3.05, 3.63) is 59.7 Å². The second-order valence-corrected chi connectivity index (χ2v) is 12.1. The summed E-state index contributed by atoms with van der Waals surface area (Å²) in [5.41, 5.74) is 9.63. The molecular weight excluding hydrogens is 510 g/mol. The van der Waals surface area contributed by atoms with E-state index in [1.807, 2.05) is 13.8 Å². The van der Waals surface area contributed by atoms with Gasteiger partial charge in [-0.15, -0.1) is 0 Å². The third-order valence-corrected chi connectivity index (χ3v) is 7.77. The van der Waals surface area contributed by atoms with Crippen molar-refractivity contribution in [2.45, 2.75) is 43.3 Å². The number of sulfone groups is 1. The van der Waals surface area contributed by atoms with Crippen LogP contribution in [0.5, 0.6) is 0 Å². The molecule has 202 valence electrons. The topological polar surface area (TPSA) is 159 Å². The normalized spacial score (nSPS) is 19.9. The van der Waals surface area contributed by atoms with Gasteiger partial charge in [-0.3, -0.25) is 24.2 Å². The molecule has 0 bridgehead atoms. The molecule has 0 saturated carbocycles. The Morgan fingerprint density at radius 2 is 1.79 bits per heavy atom. The van der Waals surface area contributed by atoms with Crippen molar-refractivity contribution in [3.63, 3.8) is 0 Å². The summed E-state index contributed by atoms with van der Waals surface area (Å²) in [6, 6.07) is 9.50. The average Bonchev–Trinajstić information content (AvgIpc) is 3.43. The fourth-order valence-corrected chi connectivity index (χ4v) is 5.46. The summed E-state index contributed by atoms with van der Waals surface area (Å²) in [6.45, 7) is 3.78. The Labute approximate surface area is 221 Å². The number of hydrazine groups is 1. The van der Waals surface area contributed by atoms with Gasteiger partial charge in [0.15, 0.2) is 15.6 Å². The first-order valence-electron chi connectivity index (χ1n) is 12.2. The molecule has 2 aromatic rings. The Morgan fingerprint density at radius 1 is 1.11 bits per heavy atom. The molecule has 11 nitrogen and oxygen atoms in total. The van der Waals surface area contributed by atoms with Crippen LogP contribution in [0.2, 0.25) is 0 Å². The Bertz CT molecular complexity index is 1370. The van der Waals surface area contributed by atoms with E-state index in [9.17, 15) is 27.6 Å². The van der Waals surface area contributed by atoms with Crippen LogP contribution in [-0.4, -0.2) is 79.3 Å². The van der Waals surface area contributed by atoms with Crippen LogP contribution in [-0.2, 0) is 19.4 Å². The van der Waals surface area contributed by atoms with Crippen LogP contribution >= 0.6 is 0 Å². The minimum Gasteiger partial charge on any atom is -0.399 e. The molecule has 0 radical (unpaired) electrons. The number of rotatable bonds is 7. The molecule has 0 aromatic heterocycles. The van der Waals surface area contributed by atoms with Crippen LogP contribution in [0.3, 0.4) is 0 Å². The van der Waals surface area contributed by atoms with E-state index in [2.05, 4.69) is 10.7 Å². The zero-order valence-electron chi connectivity index (χ0n) is 21.4. The molecule has 3 amide bonds. The zero-order valence-corrected chi connectivity index (χ0v) is 22.2. The number of carbonyl (C=O) groups excluding carboxylic acids is 4. The van der Waals surface area contributed by atoms with Gasteiger partial charge in [-0.2, -0.15) is 0 Å². The number of nitrogen functional groups attached to an aromatic ring is 1. The number of nitrogens with zero attached hydrogens (tertiary/aromatic N) is 2. The molecule has 2 aliphatic heterocycles. The van der Waals surface area contributed by atoms with Gasteiger partial charge in [-0.1, -0.05) is 19.9 Å². The maximum absolute atomic E-state index is 13.6. The van der Waals surface area contributed by atoms with Crippen LogP contribution in [0, 0.1) is 5.92 Å². The molecule has 0 aliphatic carbocycles. The number of likely N-dealkylation sites (tertiary alicyclic amines) is 1. The minimum atomic E-state index is -3.53. The second-order valence-electron chi connectivity index (χ2n) is 10.1. The fourth-order valence-electron chi connectivity index (χ4n) is 4.79. The lowest BCUT2D eigenvalue weighted by Crippen LogP contribution is -2.55. The lowest BCUT2D eigenvalue weighted by Gasteiger charge is -2.28. The second kappa shape index (κ2) is 10.5. The van der Waals surface area contributed by atoms with E-state index in [1.54, 1.807) is 24.3 Å². The third kappa shape index (κ3) is 5.55. The largest absolute Gasteiger partial charge is 0.399 e. The maximum Gasteiger partial charge on any atom is 0.260 e. The van der Waals surface area contributed by atoms with Crippen molar-refractivity contribution in [3.8, 4) is 0 Å². The first kappa shape index (κ1) is 27.3. The number of nitrogens with one attached hydrogen (secondary N) is 2. The minimum absolute atomic E-state index is 0.000135. The van der Waals surface area contributed by atoms with Crippen molar-refractivity contribution >= 4 is 39.0 Å². The van der Waals surface area contributed by atoms with Crippen LogP contribution in [0.25, 0.3) is 0 Å². The van der Waals surface area contributed by atoms with Gasteiger partial charge >= 0.3 is 0 Å². The Hall–Kier alpha value is -3.77. The van der Waals surface area contributed by atoms with E-state index >= 15 is 0 Å². The molecule has 4 N–H and O–H groups in total. The van der Waals surface area contributed by atoms with E-state index in [4.69, 9.17) is 5.73 Å². The Balaban J connectivity index is 1.53. The highest BCUT2D eigenvalue weighted by molar-refractivity contribution is 7.90. The summed E-state index contributed by atoms with van der Waals surface area (Å²) >= 11 is 0. The molecule has 2 saturated heterocycles.